The largest absolute Gasteiger partial charge is 0.0619 e. The molecule has 0 bridgehead atoms. The van der Waals surface area contributed by atoms with E-state index in [2.05, 4.69) is 91.9 Å². The van der Waals surface area contributed by atoms with Crippen LogP contribution in [0.3, 0.4) is 0 Å². The summed E-state index contributed by atoms with van der Waals surface area (Å²) in [5.41, 5.74) is 14.6. The Hall–Kier alpha value is -3.12. The normalized spacial score (nSPS) is 14.0. The number of hydrogen-bond acceptors (Lipinski definition) is 0. The fraction of sp³-hybridized carbons (Fsp3) is 0.200. The average molecular weight is 387 g/mol. The SMILES string of the molecule is CC(CCc1ccc2c(c1)Cc1ccccc1-2)c1ccc2c(c1)Cc1ccccc1-2. The van der Waals surface area contributed by atoms with Gasteiger partial charge in [-0.15, -0.1) is 0 Å². The number of hydrogen-bond donors (Lipinski definition) is 0. The lowest BCUT2D eigenvalue weighted by atomic mass is 9.91. The van der Waals surface area contributed by atoms with Gasteiger partial charge < -0.3 is 0 Å². The van der Waals surface area contributed by atoms with Gasteiger partial charge in [0.05, 0.1) is 0 Å². The first kappa shape index (κ1) is 17.7. The molecule has 1 atom stereocenters. The van der Waals surface area contributed by atoms with Gasteiger partial charge in [0.15, 0.2) is 0 Å². The standard InChI is InChI=1S/C30H26/c1-20(22-13-15-30-26(17-22)19-24-7-3-5-9-28(24)30)10-11-21-12-14-29-25(16-21)18-23-6-2-4-8-27(23)29/h2-9,12-17,20H,10-11,18-19H2,1H3. The first-order valence-corrected chi connectivity index (χ1v) is 11.2. The Balaban J connectivity index is 1.17. The van der Waals surface area contributed by atoms with E-state index >= 15 is 0 Å². The van der Waals surface area contributed by atoms with Crippen molar-refractivity contribution in [3.8, 4) is 22.3 Å². The van der Waals surface area contributed by atoms with Crippen LogP contribution in [0.25, 0.3) is 22.3 Å². The van der Waals surface area contributed by atoms with Crippen molar-refractivity contribution in [3.05, 3.63) is 118 Å². The quantitative estimate of drug-likeness (QED) is 0.293. The predicted molar refractivity (Wildman–Crippen MR) is 126 cm³/mol. The third kappa shape index (κ3) is 2.91. The van der Waals surface area contributed by atoms with E-state index in [0.29, 0.717) is 5.92 Å². The van der Waals surface area contributed by atoms with Crippen molar-refractivity contribution in [2.45, 2.75) is 38.5 Å². The lowest BCUT2D eigenvalue weighted by Gasteiger charge is -2.14. The minimum absolute atomic E-state index is 0.574. The molecular formula is C30H26. The summed E-state index contributed by atoms with van der Waals surface area (Å²) in [6, 6.07) is 32.0. The van der Waals surface area contributed by atoms with Gasteiger partial charge in [-0.3, -0.25) is 0 Å². The fourth-order valence-corrected chi connectivity index (χ4v) is 5.38. The van der Waals surface area contributed by atoms with Gasteiger partial charge in [0, 0.05) is 0 Å². The highest BCUT2D eigenvalue weighted by molar-refractivity contribution is 5.77. The average Bonchev–Trinajstić information content (AvgIpc) is 3.34. The Morgan fingerprint density at radius 1 is 0.600 bits per heavy atom. The molecule has 0 saturated heterocycles. The molecule has 0 N–H and O–H groups in total. The second-order valence-corrected chi connectivity index (χ2v) is 9.02. The molecule has 0 aliphatic heterocycles. The summed E-state index contributed by atoms with van der Waals surface area (Å²) < 4.78 is 0. The van der Waals surface area contributed by atoms with Crippen molar-refractivity contribution >= 4 is 0 Å². The third-order valence-electron chi connectivity index (χ3n) is 7.11. The Morgan fingerprint density at radius 2 is 1.17 bits per heavy atom. The van der Waals surface area contributed by atoms with E-state index in [-0.39, 0.29) is 0 Å². The van der Waals surface area contributed by atoms with Crippen LogP contribution >= 0.6 is 0 Å². The van der Waals surface area contributed by atoms with Crippen LogP contribution in [0.2, 0.25) is 0 Å². The maximum absolute atomic E-state index is 2.46. The van der Waals surface area contributed by atoms with E-state index in [1.165, 1.54) is 62.1 Å². The molecule has 6 rings (SSSR count). The van der Waals surface area contributed by atoms with Gasteiger partial charge in [-0.2, -0.15) is 0 Å². The Labute approximate surface area is 179 Å². The molecule has 0 spiro atoms. The molecule has 0 heterocycles. The van der Waals surface area contributed by atoms with Gasteiger partial charge in [-0.05, 0) is 87.2 Å². The summed E-state index contributed by atoms with van der Waals surface area (Å²) in [6.45, 7) is 2.38. The second-order valence-electron chi connectivity index (χ2n) is 9.02. The van der Waals surface area contributed by atoms with Gasteiger partial charge in [0.1, 0.15) is 0 Å². The zero-order chi connectivity index (χ0) is 20.1. The fourth-order valence-electron chi connectivity index (χ4n) is 5.38. The van der Waals surface area contributed by atoms with Crippen LogP contribution in [0.1, 0.15) is 52.6 Å². The molecule has 30 heavy (non-hydrogen) atoms. The van der Waals surface area contributed by atoms with Crippen LogP contribution in [0.15, 0.2) is 84.9 Å². The maximum atomic E-state index is 2.46. The van der Waals surface area contributed by atoms with Crippen LogP contribution in [0, 0.1) is 0 Å². The van der Waals surface area contributed by atoms with Gasteiger partial charge in [-0.1, -0.05) is 91.9 Å². The van der Waals surface area contributed by atoms with Crippen LogP contribution in [-0.2, 0) is 19.3 Å². The van der Waals surface area contributed by atoms with Crippen molar-refractivity contribution < 1.29 is 0 Å². The number of benzene rings is 4. The molecule has 0 amide bonds. The van der Waals surface area contributed by atoms with E-state index in [1.807, 2.05) is 0 Å². The molecule has 0 saturated carbocycles. The van der Waals surface area contributed by atoms with Gasteiger partial charge in [0.2, 0.25) is 0 Å². The smallest absolute Gasteiger partial charge is 0.00134 e. The molecule has 146 valence electrons. The van der Waals surface area contributed by atoms with Crippen molar-refractivity contribution in [2.75, 3.05) is 0 Å². The molecule has 2 aliphatic rings. The van der Waals surface area contributed by atoms with Crippen molar-refractivity contribution in [1.29, 1.82) is 0 Å². The Bertz CT molecular complexity index is 1260. The first-order valence-electron chi connectivity index (χ1n) is 11.2. The molecule has 0 radical (unpaired) electrons. The first-order chi connectivity index (χ1) is 14.8. The zero-order valence-corrected chi connectivity index (χ0v) is 17.5. The van der Waals surface area contributed by atoms with E-state index in [4.69, 9.17) is 0 Å². The van der Waals surface area contributed by atoms with Crippen molar-refractivity contribution in [2.24, 2.45) is 0 Å². The summed E-state index contributed by atoms with van der Waals surface area (Å²) in [4.78, 5) is 0. The van der Waals surface area contributed by atoms with E-state index in [9.17, 15) is 0 Å². The summed E-state index contributed by atoms with van der Waals surface area (Å²) in [5, 5.41) is 0. The van der Waals surface area contributed by atoms with Crippen LogP contribution in [0.5, 0.6) is 0 Å². The van der Waals surface area contributed by atoms with E-state index in [0.717, 1.165) is 19.3 Å². The summed E-state index contributed by atoms with van der Waals surface area (Å²) in [6.07, 6.45) is 4.50. The Morgan fingerprint density at radius 3 is 1.87 bits per heavy atom. The van der Waals surface area contributed by atoms with Gasteiger partial charge in [0.25, 0.3) is 0 Å². The van der Waals surface area contributed by atoms with Gasteiger partial charge in [-0.25, -0.2) is 0 Å². The van der Waals surface area contributed by atoms with Gasteiger partial charge >= 0.3 is 0 Å². The molecule has 4 aromatic carbocycles. The van der Waals surface area contributed by atoms with Crippen LogP contribution < -0.4 is 0 Å². The molecule has 2 aliphatic carbocycles. The van der Waals surface area contributed by atoms with E-state index < -0.39 is 0 Å². The number of aryl methyl sites for hydroxylation is 1. The number of fused-ring (bicyclic) bond motifs is 6. The van der Waals surface area contributed by atoms with Crippen LogP contribution in [0.4, 0.5) is 0 Å². The summed E-state index contributed by atoms with van der Waals surface area (Å²) in [7, 11) is 0. The van der Waals surface area contributed by atoms with E-state index in [1.54, 1.807) is 0 Å². The minimum Gasteiger partial charge on any atom is -0.0619 e. The maximum Gasteiger partial charge on any atom is -0.00134 e. The summed E-state index contributed by atoms with van der Waals surface area (Å²) in [5.74, 6) is 0.574. The molecule has 0 aromatic heterocycles. The molecule has 0 nitrogen and oxygen atoms in total. The third-order valence-corrected chi connectivity index (χ3v) is 7.11. The molecular weight excluding hydrogens is 360 g/mol. The van der Waals surface area contributed by atoms with Crippen LogP contribution in [-0.4, -0.2) is 0 Å². The zero-order valence-electron chi connectivity index (χ0n) is 17.5. The second kappa shape index (κ2) is 6.99. The molecule has 0 heteroatoms. The monoisotopic (exact) mass is 386 g/mol. The minimum atomic E-state index is 0.574. The molecule has 1 unspecified atom stereocenters. The Kier molecular flexibility index (Phi) is 4.13. The topological polar surface area (TPSA) is 0 Å². The molecule has 0 fully saturated rings. The predicted octanol–water partition coefficient (Wildman–Crippen LogP) is 7.57. The van der Waals surface area contributed by atoms with Crippen molar-refractivity contribution in [3.63, 3.8) is 0 Å². The highest BCUT2D eigenvalue weighted by Gasteiger charge is 2.20. The molecule has 4 aromatic rings. The summed E-state index contributed by atoms with van der Waals surface area (Å²) >= 11 is 0. The number of rotatable bonds is 4. The highest BCUT2D eigenvalue weighted by atomic mass is 14.2. The van der Waals surface area contributed by atoms with Crippen molar-refractivity contribution in [1.82, 2.24) is 0 Å². The lowest BCUT2D eigenvalue weighted by molar-refractivity contribution is 0.679. The highest BCUT2D eigenvalue weighted by Crippen LogP contribution is 2.39. The lowest BCUT2D eigenvalue weighted by Crippen LogP contribution is -1.98.